The zero-order valence-corrected chi connectivity index (χ0v) is 30.6. The van der Waals surface area contributed by atoms with Crippen molar-refractivity contribution < 1.29 is 29.9 Å². The average Bonchev–Trinajstić information content (AvgIpc) is 4.05. The number of hydrogen-bond donors (Lipinski definition) is 6. The first kappa shape index (κ1) is 31.7. The highest BCUT2D eigenvalue weighted by molar-refractivity contribution is 6.11. The lowest BCUT2D eigenvalue weighted by Gasteiger charge is -2.66. The van der Waals surface area contributed by atoms with E-state index in [1.807, 2.05) is 12.1 Å². The molecule has 8 N–H and O–H groups in total. The molecular formula is C42H50N6O6. The fourth-order valence-electron chi connectivity index (χ4n) is 14.3. The Morgan fingerprint density at radius 3 is 1.78 bits per heavy atom. The largest absolute Gasteiger partial charge is 0.504 e. The van der Waals surface area contributed by atoms with E-state index in [4.69, 9.17) is 30.9 Å². The number of amidine groups is 2. The monoisotopic (exact) mass is 734 g/mol. The summed E-state index contributed by atoms with van der Waals surface area (Å²) < 4.78 is 13.9. The maximum atomic E-state index is 13.2. The lowest BCUT2D eigenvalue weighted by atomic mass is 9.45. The first-order valence-electron chi connectivity index (χ1n) is 20.7. The molecule has 0 amide bonds. The normalized spacial score (nSPS) is 46.1. The molecule has 4 bridgehead atoms. The van der Waals surface area contributed by atoms with Crippen LogP contribution < -0.4 is 20.9 Å². The Morgan fingerprint density at radius 2 is 1.22 bits per heavy atom. The molecule has 5 heterocycles. The molecule has 2 unspecified atom stereocenters. The molecule has 10 atom stereocenters. The number of aliphatic imine (C=N–C) groups is 2. The maximum absolute atomic E-state index is 13.2. The minimum Gasteiger partial charge on any atom is -0.504 e. The van der Waals surface area contributed by atoms with Crippen LogP contribution in [0.3, 0.4) is 0 Å². The first-order valence-corrected chi connectivity index (χ1v) is 20.7. The van der Waals surface area contributed by atoms with Gasteiger partial charge in [-0.05, 0) is 125 Å². The van der Waals surface area contributed by atoms with E-state index in [-0.39, 0.29) is 23.6 Å². The van der Waals surface area contributed by atoms with E-state index in [0.717, 1.165) is 48.4 Å². The summed E-state index contributed by atoms with van der Waals surface area (Å²) in [5.41, 5.74) is 12.7. The second-order valence-corrected chi connectivity index (χ2v) is 19.4. The molecule has 2 aromatic carbocycles. The number of nitrogens with zero attached hydrogens (tertiary/aromatic N) is 4. The molecule has 284 valence electrons. The Kier molecular flexibility index (Phi) is 5.63. The molecule has 6 fully saturated rings. The first-order chi connectivity index (χ1) is 26.0. The predicted octanol–water partition coefficient (Wildman–Crippen LogP) is 2.13. The zero-order chi connectivity index (χ0) is 36.4. The number of phenolic OH excluding ortho intramolecular Hbond substituents is 2. The number of likely N-dealkylation sites (tertiary alicyclic amines) is 2. The lowest BCUT2D eigenvalue weighted by Crippen LogP contribution is -2.81. The molecule has 4 saturated carbocycles. The van der Waals surface area contributed by atoms with Crippen LogP contribution >= 0.6 is 0 Å². The molecule has 13 rings (SSSR count). The van der Waals surface area contributed by atoms with E-state index in [0.29, 0.717) is 86.4 Å². The quantitative estimate of drug-likeness (QED) is 0.266. The fourth-order valence-corrected chi connectivity index (χ4v) is 14.3. The summed E-state index contributed by atoms with van der Waals surface area (Å²) in [6, 6.07) is 7.32. The molecule has 3 spiro atoms. The van der Waals surface area contributed by atoms with Crippen LogP contribution in [-0.4, -0.2) is 115 Å². The molecule has 54 heavy (non-hydrogen) atoms. The van der Waals surface area contributed by atoms with Gasteiger partial charge < -0.3 is 41.4 Å². The van der Waals surface area contributed by atoms with Crippen molar-refractivity contribution in [1.29, 1.82) is 0 Å². The number of aromatic hydroxyl groups is 2. The van der Waals surface area contributed by atoms with Gasteiger partial charge in [-0.25, -0.2) is 9.98 Å². The van der Waals surface area contributed by atoms with Crippen LogP contribution in [0.2, 0.25) is 0 Å². The van der Waals surface area contributed by atoms with Gasteiger partial charge in [0.1, 0.15) is 23.6 Å². The van der Waals surface area contributed by atoms with E-state index in [1.165, 1.54) is 25.7 Å². The smallest absolute Gasteiger partial charge is 0.165 e. The Bertz CT molecular complexity index is 2150. The molecule has 12 nitrogen and oxygen atoms in total. The van der Waals surface area contributed by atoms with Crippen molar-refractivity contribution in [3.05, 3.63) is 46.5 Å². The van der Waals surface area contributed by atoms with Gasteiger partial charge in [0.15, 0.2) is 34.4 Å². The highest BCUT2D eigenvalue weighted by Crippen LogP contribution is 2.70. The van der Waals surface area contributed by atoms with Crippen molar-refractivity contribution in [3.63, 3.8) is 0 Å². The lowest BCUT2D eigenvalue weighted by molar-refractivity contribution is -0.196. The van der Waals surface area contributed by atoms with Gasteiger partial charge in [-0.3, -0.25) is 9.80 Å². The Labute approximate surface area is 314 Å². The molecule has 2 saturated heterocycles. The van der Waals surface area contributed by atoms with Gasteiger partial charge in [-0.1, -0.05) is 12.1 Å². The highest BCUT2D eigenvalue weighted by Gasteiger charge is 2.80. The van der Waals surface area contributed by atoms with Crippen molar-refractivity contribution in [2.75, 3.05) is 26.2 Å². The van der Waals surface area contributed by atoms with Gasteiger partial charge in [0.25, 0.3) is 0 Å². The van der Waals surface area contributed by atoms with Crippen LogP contribution in [0, 0.1) is 11.8 Å². The summed E-state index contributed by atoms with van der Waals surface area (Å²) >= 11 is 0. The topological polar surface area (TPSA) is 183 Å². The summed E-state index contributed by atoms with van der Waals surface area (Å²) in [6.07, 6.45) is 7.98. The number of nitrogens with two attached hydrogens (primary N) is 2. The van der Waals surface area contributed by atoms with Gasteiger partial charge in [0.05, 0.1) is 22.0 Å². The van der Waals surface area contributed by atoms with E-state index in [2.05, 4.69) is 9.80 Å². The standard InChI is InChI=1S/C42H50N6O6/c43-35-40(10-12-42(52)28-18-24-6-8-26(50)32-30(24)38(42,34(40)54-32)14-16-48(28)20-22-3-4-22)46-36(45-35)39(44)9-11-41(51)27-17-23-5-7-25(49)31-29(23)37(41,33(39)53-31)13-15-47(27)19-21-1-2-21/h5-8,21-22,27-28,33-34,49-52H,1-4,9-20,44H2,(H2,43,45,46)/t27-,28-,33-,34-,37?,38?,39+,40+,41-,42-/m1/s1. The van der Waals surface area contributed by atoms with E-state index in [9.17, 15) is 20.4 Å². The highest BCUT2D eigenvalue weighted by atomic mass is 16.5. The van der Waals surface area contributed by atoms with Crippen LogP contribution in [0.15, 0.2) is 34.3 Å². The number of piperidine rings is 2. The Morgan fingerprint density at radius 1 is 0.704 bits per heavy atom. The van der Waals surface area contributed by atoms with Crippen LogP contribution in [0.1, 0.15) is 86.5 Å². The number of fused-ring (bicyclic) bond motifs is 1. The van der Waals surface area contributed by atoms with Crippen molar-refractivity contribution in [2.45, 2.75) is 134 Å². The summed E-state index contributed by atoms with van der Waals surface area (Å²) in [4.78, 5) is 15.7. The SMILES string of the molecule is NC1=NC([C@]2(N)CC[C@@]3(O)[C@H]4Cc5ccc(O)c6c5C3(CCN4CC3CC3)[C@H]2O6)=N[C@]12CC[C@@]1(O)[C@H]3Cc4ccc(O)c5c4C1(CCN3CC1CC1)[C@H]2O5. The number of ether oxygens (including phenoxy) is 2. The summed E-state index contributed by atoms with van der Waals surface area (Å²) in [5.74, 6) is 3.09. The van der Waals surface area contributed by atoms with Gasteiger partial charge in [-0.15, -0.1) is 0 Å². The summed E-state index contributed by atoms with van der Waals surface area (Å²) in [6.45, 7) is 3.63. The number of aliphatic hydroxyl groups is 2. The molecule has 6 aliphatic carbocycles. The van der Waals surface area contributed by atoms with Crippen LogP contribution in [0.25, 0.3) is 0 Å². The number of benzene rings is 2. The maximum Gasteiger partial charge on any atom is 0.165 e. The summed E-state index contributed by atoms with van der Waals surface area (Å²) in [7, 11) is 0. The molecule has 11 aliphatic rings. The third kappa shape index (κ3) is 3.34. The molecule has 0 aromatic heterocycles. The minimum atomic E-state index is -1.24. The third-order valence-corrected chi connectivity index (χ3v) is 17.1. The number of rotatable bonds is 5. The zero-order valence-electron chi connectivity index (χ0n) is 30.6. The van der Waals surface area contributed by atoms with Gasteiger partial charge in [0.2, 0.25) is 0 Å². The van der Waals surface area contributed by atoms with Crippen molar-refractivity contribution in [1.82, 2.24) is 9.80 Å². The summed E-state index contributed by atoms with van der Waals surface area (Å²) in [5, 5.41) is 48.9. The fraction of sp³-hybridized carbons (Fsp3) is 0.667. The van der Waals surface area contributed by atoms with Gasteiger partial charge in [0, 0.05) is 36.3 Å². The second kappa shape index (κ2) is 9.57. The number of phenols is 2. The molecular weight excluding hydrogens is 684 g/mol. The van der Waals surface area contributed by atoms with Crippen LogP contribution in [0.4, 0.5) is 0 Å². The van der Waals surface area contributed by atoms with Crippen molar-refractivity contribution >= 4 is 11.7 Å². The van der Waals surface area contributed by atoms with E-state index in [1.54, 1.807) is 12.1 Å². The Balaban J connectivity index is 0.943. The molecule has 5 aliphatic heterocycles. The van der Waals surface area contributed by atoms with Gasteiger partial charge >= 0.3 is 0 Å². The number of hydrogen-bond acceptors (Lipinski definition) is 12. The van der Waals surface area contributed by atoms with E-state index < -0.39 is 45.3 Å². The van der Waals surface area contributed by atoms with Gasteiger partial charge in [-0.2, -0.15) is 0 Å². The molecule has 12 heteroatoms. The minimum absolute atomic E-state index is 0.0622. The molecule has 2 aromatic rings. The van der Waals surface area contributed by atoms with Crippen molar-refractivity contribution in [3.8, 4) is 23.0 Å². The Hall–Kier alpha value is -3.42. The average molecular weight is 735 g/mol. The van der Waals surface area contributed by atoms with Crippen LogP contribution in [-0.2, 0) is 23.7 Å². The predicted molar refractivity (Wildman–Crippen MR) is 198 cm³/mol. The van der Waals surface area contributed by atoms with Crippen molar-refractivity contribution in [2.24, 2.45) is 33.3 Å². The van der Waals surface area contributed by atoms with Crippen LogP contribution in [0.5, 0.6) is 23.0 Å². The third-order valence-electron chi connectivity index (χ3n) is 17.1. The second-order valence-electron chi connectivity index (χ2n) is 19.4. The van der Waals surface area contributed by atoms with E-state index >= 15 is 0 Å². The molecule has 0 radical (unpaired) electrons.